The second kappa shape index (κ2) is 9.76. The molecule has 2 aromatic carbocycles. The number of nitrogens with zero attached hydrogens (tertiary/aromatic N) is 2. The third-order valence-corrected chi connectivity index (χ3v) is 4.58. The van der Waals surface area contributed by atoms with Gasteiger partial charge in [-0.3, -0.25) is 24.6 Å². The van der Waals surface area contributed by atoms with Crippen molar-refractivity contribution in [3.05, 3.63) is 69.8 Å². The van der Waals surface area contributed by atoms with Gasteiger partial charge < -0.3 is 15.4 Å². The van der Waals surface area contributed by atoms with E-state index in [-0.39, 0.29) is 17.2 Å². The maximum Gasteiger partial charge on any atom is 0.282 e. The maximum absolute atomic E-state index is 12.6. The Morgan fingerprint density at radius 1 is 1.00 bits per heavy atom. The van der Waals surface area contributed by atoms with Crippen molar-refractivity contribution >= 4 is 23.2 Å². The zero-order valence-electron chi connectivity index (χ0n) is 15.8. The van der Waals surface area contributed by atoms with E-state index in [9.17, 15) is 19.7 Å². The molecule has 0 aliphatic carbocycles. The minimum Gasteiger partial charge on any atom is -0.379 e. The van der Waals surface area contributed by atoms with Gasteiger partial charge in [0, 0.05) is 32.2 Å². The molecule has 0 radical (unpaired) electrons. The van der Waals surface area contributed by atoms with Crippen molar-refractivity contribution in [2.24, 2.45) is 0 Å². The standard InChI is InChI=1S/C20H22N4O5/c25-19(21-9-10-23-11-13-29-14-12-23)15-5-1-3-7-17(15)22-20(26)16-6-2-4-8-18(16)24(27)28/h1-8H,9-14H2,(H,21,25)(H,22,26). The molecular formula is C20H22N4O5. The molecular weight excluding hydrogens is 376 g/mol. The molecule has 1 aliphatic rings. The maximum atomic E-state index is 12.6. The molecule has 29 heavy (non-hydrogen) atoms. The fraction of sp³-hybridized carbons (Fsp3) is 0.300. The van der Waals surface area contributed by atoms with Crippen LogP contribution < -0.4 is 10.6 Å². The average molecular weight is 398 g/mol. The number of nitro benzene ring substituents is 1. The number of hydrogen-bond donors (Lipinski definition) is 2. The molecule has 152 valence electrons. The molecule has 0 unspecified atom stereocenters. The zero-order chi connectivity index (χ0) is 20.6. The molecule has 1 saturated heterocycles. The molecule has 0 spiro atoms. The largest absolute Gasteiger partial charge is 0.379 e. The summed E-state index contributed by atoms with van der Waals surface area (Å²) in [7, 11) is 0. The molecule has 3 rings (SSSR count). The summed E-state index contributed by atoms with van der Waals surface area (Å²) in [4.78, 5) is 37.9. The van der Waals surface area contributed by atoms with Gasteiger partial charge in [-0.15, -0.1) is 0 Å². The van der Waals surface area contributed by atoms with Gasteiger partial charge >= 0.3 is 0 Å². The summed E-state index contributed by atoms with van der Waals surface area (Å²) >= 11 is 0. The number of amides is 2. The van der Waals surface area contributed by atoms with Gasteiger partial charge in [-0.1, -0.05) is 24.3 Å². The number of morpholine rings is 1. The Morgan fingerprint density at radius 3 is 2.38 bits per heavy atom. The molecule has 0 aromatic heterocycles. The first-order valence-corrected chi connectivity index (χ1v) is 9.28. The summed E-state index contributed by atoms with van der Waals surface area (Å²) in [6, 6.07) is 12.2. The number of anilines is 1. The van der Waals surface area contributed by atoms with E-state index in [1.54, 1.807) is 30.3 Å². The van der Waals surface area contributed by atoms with Crippen LogP contribution >= 0.6 is 0 Å². The number of rotatable bonds is 7. The van der Waals surface area contributed by atoms with Crippen molar-refractivity contribution < 1.29 is 19.2 Å². The van der Waals surface area contributed by atoms with Crippen LogP contribution in [0.1, 0.15) is 20.7 Å². The Kier molecular flexibility index (Phi) is 6.88. The van der Waals surface area contributed by atoms with Crippen molar-refractivity contribution in [1.82, 2.24) is 10.2 Å². The van der Waals surface area contributed by atoms with E-state index in [2.05, 4.69) is 15.5 Å². The second-order valence-corrected chi connectivity index (χ2v) is 6.48. The molecule has 0 atom stereocenters. The first kappa shape index (κ1) is 20.4. The highest BCUT2D eigenvalue weighted by atomic mass is 16.6. The van der Waals surface area contributed by atoms with E-state index in [0.29, 0.717) is 37.6 Å². The number of carbonyl (C=O) groups excluding carboxylic acids is 2. The van der Waals surface area contributed by atoms with Crippen molar-refractivity contribution in [2.75, 3.05) is 44.7 Å². The number of hydrogen-bond acceptors (Lipinski definition) is 6. The first-order chi connectivity index (χ1) is 14.1. The van der Waals surface area contributed by atoms with Gasteiger partial charge in [0.1, 0.15) is 5.56 Å². The third-order valence-electron chi connectivity index (χ3n) is 4.58. The number of nitro groups is 1. The summed E-state index contributed by atoms with van der Waals surface area (Å²) in [5.41, 5.74) is 0.221. The lowest BCUT2D eigenvalue weighted by Gasteiger charge is -2.26. The predicted molar refractivity (Wildman–Crippen MR) is 107 cm³/mol. The molecule has 9 nitrogen and oxygen atoms in total. The highest BCUT2D eigenvalue weighted by molar-refractivity contribution is 6.10. The van der Waals surface area contributed by atoms with Gasteiger partial charge in [0.25, 0.3) is 17.5 Å². The number of carbonyl (C=O) groups is 2. The van der Waals surface area contributed by atoms with Crippen molar-refractivity contribution in [3.63, 3.8) is 0 Å². The molecule has 2 amide bonds. The van der Waals surface area contributed by atoms with Gasteiger partial charge in [0.2, 0.25) is 0 Å². The lowest BCUT2D eigenvalue weighted by Crippen LogP contribution is -2.41. The monoisotopic (exact) mass is 398 g/mol. The zero-order valence-corrected chi connectivity index (χ0v) is 15.8. The van der Waals surface area contributed by atoms with Crippen molar-refractivity contribution in [3.8, 4) is 0 Å². The predicted octanol–water partition coefficient (Wildman–Crippen LogP) is 1.91. The minimum absolute atomic E-state index is 0.0694. The molecule has 2 N–H and O–H groups in total. The average Bonchev–Trinajstić information content (AvgIpc) is 2.74. The molecule has 1 heterocycles. The van der Waals surface area contributed by atoms with Gasteiger partial charge in [-0.05, 0) is 18.2 Å². The smallest absolute Gasteiger partial charge is 0.282 e. The number of nitrogens with one attached hydrogen (secondary N) is 2. The van der Waals surface area contributed by atoms with Gasteiger partial charge in [0.05, 0.1) is 29.4 Å². The lowest BCUT2D eigenvalue weighted by molar-refractivity contribution is -0.385. The van der Waals surface area contributed by atoms with E-state index in [0.717, 1.165) is 13.1 Å². The highest BCUT2D eigenvalue weighted by Crippen LogP contribution is 2.21. The van der Waals surface area contributed by atoms with Crippen LogP contribution in [0.2, 0.25) is 0 Å². The molecule has 1 fully saturated rings. The molecule has 1 aliphatic heterocycles. The Bertz CT molecular complexity index is 896. The van der Waals surface area contributed by atoms with Crippen molar-refractivity contribution in [1.29, 1.82) is 0 Å². The number of para-hydroxylation sites is 2. The second-order valence-electron chi connectivity index (χ2n) is 6.48. The minimum atomic E-state index is -0.647. The van der Waals surface area contributed by atoms with Crippen LogP contribution in [-0.2, 0) is 4.74 Å². The summed E-state index contributed by atoms with van der Waals surface area (Å²) < 4.78 is 5.30. The van der Waals surface area contributed by atoms with E-state index in [1.165, 1.54) is 18.2 Å². The fourth-order valence-corrected chi connectivity index (χ4v) is 3.05. The summed E-state index contributed by atoms with van der Waals surface area (Å²) in [5, 5.41) is 16.6. The van der Waals surface area contributed by atoms with Gasteiger partial charge in [-0.2, -0.15) is 0 Å². The van der Waals surface area contributed by atoms with Crippen LogP contribution in [-0.4, -0.2) is 61.0 Å². The summed E-state index contributed by atoms with van der Waals surface area (Å²) in [6.07, 6.45) is 0. The van der Waals surface area contributed by atoms with E-state index in [4.69, 9.17) is 4.74 Å². The van der Waals surface area contributed by atoms with E-state index < -0.39 is 10.8 Å². The highest BCUT2D eigenvalue weighted by Gasteiger charge is 2.21. The third kappa shape index (κ3) is 5.37. The quantitative estimate of drug-likeness (QED) is 0.544. The Morgan fingerprint density at radius 2 is 1.66 bits per heavy atom. The SMILES string of the molecule is O=C(NCCN1CCOCC1)c1ccccc1NC(=O)c1ccccc1[N+](=O)[O-]. The van der Waals surface area contributed by atoms with Crippen LogP contribution in [0.4, 0.5) is 11.4 Å². The number of ether oxygens (including phenoxy) is 1. The lowest BCUT2D eigenvalue weighted by atomic mass is 10.1. The fourth-order valence-electron chi connectivity index (χ4n) is 3.05. The Balaban J connectivity index is 1.66. The van der Waals surface area contributed by atoms with Crippen LogP contribution in [0.5, 0.6) is 0 Å². The molecule has 0 saturated carbocycles. The van der Waals surface area contributed by atoms with Gasteiger partial charge in [0.15, 0.2) is 0 Å². The molecule has 2 aromatic rings. The van der Waals surface area contributed by atoms with E-state index >= 15 is 0 Å². The van der Waals surface area contributed by atoms with E-state index in [1.807, 2.05) is 0 Å². The first-order valence-electron chi connectivity index (χ1n) is 9.28. The molecule has 9 heteroatoms. The Labute approximate surface area is 167 Å². The van der Waals surface area contributed by atoms with Crippen LogP contribution in [0.15, 0.2) is 48.5 Å². The molecule has 0 bridgehead atoms. The summed E-state index contributed by atoms with van der Waals surface area (Å²) in [6.45, 7) is 4.21. The van der Waals surface area contributed by atoms with Crippen LogP contribution in [0.3, 0.4) is 0 Å². The topological polar surface area (TPSA) is 114 Å². The van der Waals surface area contributed by atoms with Gasteiger partial charge in [-0.25, -0.2) is 0 Å². The van der Waals surface area contributed by atoms with Crippen LogP contribution in [0.25, 0.3) is 0 Å². The normalized spacial score (nSPS) is 14.2. The van der Waals surface area contributed by atoms with Crippen molar-refractivity contribution in [2.45, 2.75) is 0 Å². The summed E-state index contributed by atoms with van der Waals surface area (Å²) in [5.74, 6) is -0.970. The Hall–Kier alpha value is -3.30. The number of benzene rings is 2. The van der Waals surface area contributed by atoms with Crippen LogP contribution in [0, 0.1) is 10.1 Å².